The predicted molar refractivity (Wildman–Crippen MR) is 97.3 cm³/mol. The minimum atomic E-state index is -0.527. The van der Waals surface area contributed by atoms with Crippen molar-refractivity contribution in [2.45, 2.75) is 19.8 Å². The zero-order chi connectivity index (χ0) is 18.9. The first kappa shape index (κ1) is 18.8. The molecule has 2 aromatic rings. The highest BCUT2D eigenvalue weighted by molar-refractivity contribution is 6.12. The third-order valence-electron chi connectivity index (χ3n) is 3.49. The number of phenols is 2. The Balaban J connectivity index is 2.19. The Morgan fingerprint density at radius 2 is 1.69 bits per heavy atom. The number of ether oxygens (including phenoxy) is 2. The summed E-state index contributed by atoms with van der Waals surface area (Å²) in [4.78, 5) is 12.6. The second-order valence-electron chi connectivity index (χ2n) is 5.36. The van der Waals surface area contributed by atoms with Gasteiger partial charge in [0.25, 0.3) is 0 Å². The first-order valence-corrected chi connectivity index (χ1v) is 8.02. The van der Waals surface area contributed by atoms with Crippen LogP contribution in [0.15, 0.2) is 36.4 Å². The molecule has 0 saturated carbocycles. The van der Waals surface area contributed by atoms with E-state index in [0.29, 0.717) is 12.4 Å². The largest absolute Gasteiger partial charge is 0.507 e. The molecule has 26 heavy (non-hydrogen) atoms. The number of unbranched alkanes of at least 4 members (excludes halogenated alkanes) is 1. The van der Waals surface area contributed by atoms with Crippen molar-refractivity contribution in [3.63, 3.8) is 0 Å². The fourth-order valence-electron chi connectivity index (χ4n) is 2.15. The van der Waals surface area contributed by atoms with E-state index in [0.717, 1.165) is 12.8 Å². The van der Waals surface area contributed by atoms with E-state index in [1.807, 2.05) is 6.92 Å². The van der Waals surface area contributed by atoms with Gasteiger partial charge in [-0.05, 0) is 36.6 Å². The van der Waals surface area contributed by atoms with E-state index in [1.54, 1.807) is 6.07 Å². The second kappa shape index (κ2) is 9.05. The first-order valence-electron chi connectivity index (χ1n) is 8.02. The van der Waals surface area contributed by atoms with Crippen molar-refractivity contribution in [1.29, 1.82) is 0 Å². The number of carbonyl (C=O) groups excluding carboxylic acids is 1. The normalized spacial score (nSPS) is 9.54. The smallest absolute Gasteiger partial charge is 0.200 e. The summed E-state index contributed by atoms with van der Waals surface area (Å²) in [5, 5.41) is 20.2. The van der Waals surface area contributed by atoms with Crippen LogP contribution in [0.25, 0.3) is 0 Å². The number of terminal acetylenes is 1. The molecule has 0 amide bonds. The summed E-state index contributed by atoms with van der Waals surface area (Å²) in [6.45, 7) is 2.58. The van der Waals surface area contributed by atoms with Gasteiger partial charge in [0.1, 0.15) is 29.1 Å². The van der Waals surface area contributed by atoms with E-state index in [9.17, 15) is 15.0 Å². The number of ketones is 1. The fourth-order valence-corrected chi connectivity index (χ4v) is 2.15. The van der Waals surface area contributed by atoms with E-state index in [2.05, 4.69) is 17.9 Å². The Morgan fingerprint density at radius 1 is 1.08 bits per heavy atom. The number of hydrogen-bond acceptors (Lipinski definition) is 5. The molecule has 5 heteroatoms. The van der Waals surface area contributed by atoms with Crippen molar-refractivity contribution in [3.05, 3.63) is 47.5 Å². The molecule has 2 rings (SSSR count). The topological polar surface area (TPSA) is 76.0 Å². The van der Waals surface area contributed by atoms with Gasteiger partial charge in [-0.1, -0.05) is 13.3 Å². The summed E-state index contributed by atoms with van der Waals surface area (Å²) in [6.07, 6.45) is 9.13. The van der Waals surface area contributed by atoms with Crippen molar-refractivity contribution >= 4 is 5.78 Å². The molecule has 0 bridgehead atoms. The van der Waals surface area contributed by atoms with Crippen molar-refractivity contribution in [2.75, 3.05) is 6.61 Å². The van der Waals surface area contributed by atoms with Gasteiger partial charge in [-0.25, -0.2) is 0 Å². The van der Waals surface area contributed by atoms with Crippen LogP contribution in [0.4, 0.5) is 0 Å². The van der Waals surface area contributed by atoms with E-state index >= 15 is 0 Å². The Kier molecular flexibility index (Phi) is 6.53. The molecular formula is C21H18O5. The Morgan fingerprint density at radius 3 is 2.27 bits per heavy atom. The summed E-state index contributed by atoms with van der Waals surface area (Å²) >= 11 is 0. The number of carbonyl (C=O) groups is 1. The van der Waals surface area contributed by atoms with E-state index in [1.165, 1.54) is 30.3 Å². The summed E-state index contributed by atoms with van der Waals surface area (Å²) in [5.74, 6) is 4.04. The van der Waals surface area contributed by atoms with Crippen molar-refractivity contribution < 1.29 is 24.5 Å². The van der Waals surface area contributed by atoms with Crippen LogP contribution in [-0.2, 0) is 0 Å². The zero-order valence-corrected chi connectivity index (χ0v) is 14.3. The highest BCUT2D eigenvalue weighted by Crippen LogP contribution is 2.30. The quantitative estimate of drug-likeness (QED) is 0.454. The van der Waals surface area contributed by atoms with Gasteiger partial charge in [0.15, 0.2) is 5.78 Å². The van der Waals surface area contributed by atoms with Gasteiger partial charge in [0.05, 0.1) is 17.7 Å². The SMILES string of the molecule is C#CC#COc1ccc(C(=O)c2ccc(OCCCC)cc2O)c(O)c1. The number of rotatable bonds is 7. The molecule has 0 aliphatic heterocycles. The summed E-state index contributed by atoms with van der Waals surface area (Å²) < 4.78 is 10.5. The van der Waals surface area contributed by atoms with Crippen LogP contribution in [-0.4, -0.2) is 22.6 Å². The predicted octanol–water partition coefficient (Wildman–Crippen LogP) is 3.48. The molecule has 0 spiro atoms. The van der Waals surface area contributed by atoms with Crippen molar-refractivity contribution in [3.8, 4) is 47.4 Å². The van der Waals surface area contributed by atoms with Gasteiger partial charge in [-0.3, -0.25) is 4.79 Å². The maximum Gasteiger partial charge on any atom is 0.200 e. The van der Waals surface area contributed by atoms with Gasteiger partial charge >= 0.3 is 0 Å². The fraction of sp³-hybridized carbons (Fsp3) is 0.190. The minimum Gasteiger partial charge on any atom is -0.507 e. The number of aromatic hydroxyl groups is 2. The molecule has 2 N–H and O–H groups in total. The van der Waals surface area contributed by atoms with Gasteiger partial charge in [0.2, 0.25) is 0 Å². The molecule has 0 unspecified atom stereocenters. The molecule has 132 valence electrons. The molecule has 0 fully saturated rings. The zero-order valence-electron chi connectivity index (χ0n) is 14.3. The number of phenolic OH excluding ortho intramolecular Hbond substituents is 2. The van der Waals surface area contributed by atoms with Crippen LogP contribution in [0, 0.1) is 24.4 Å². The van der Waals surface area contributed by atoms with Crippen LogP contribution in [0.1, 0.15) is 35.7 Å². The van der Waals surface area contributed by atoms with E-state index < -0.39 is 5.78 Å². The molecule has 0 heterocycles. The average molecular weight is 350 g/mol. The lowest BCUT2D eigenvalue weighted by Crippen LogP contribution is -2.03. The molecular weight excluding hydrogens is 332 g/mol. The molecule has 0 radical (unpaired) electrons. The Hall–Kier alpha value is -3.57. The highest BCUT2D eigenvalue weighted by Gasteiger charge is 2.18. The lowest BCUT2D eigenvalue weighted by molar-refractivity contribution is 0.103. The lowest BCUT2D eigenvalue weighted by Gasteiger charge is -2.10. The molecule has 0 aromatic heterocycles. The Labute approximate surface area is 152 Å². The minimum absolute atomic E-state index is 0.0252. The van der Waals surface area contributed by atoms with Crippen LogP contribution in [0.3, 0.4) is 0 Å². The standard InChI is InChI=1S/C21H18O5/c1-3-5-11-25-15-7-9-17(19(22)13-15)21(24)18-10-8-16(14-20(18)23)26-12-6-4-2/h1,7-10,13-14,22-23H,4,6,12H2,2H3. The first-order chi connectivity index (χ1) is 12.6. The average Bonchev–Trinajstić information content (AvgIpc) is 2.62. The highest BCUT2D eigenvalue weighted by atomic mass is 16.5. The van der Waals surface area contributed by atoms with E-state index in [4.69, 9.17) is 15.9 Å². The summed E-state index contributed by atoms with van der Waals surface area (Å²) in [6, 6.07) is 8.55. The summed E-state index contributed by atoms with van der Waals surface area (Å²) in [7, 11) is 0. The molecule has 0 aliphatic carbocycles. The Bertz CT molecular complexity index is 897. The maximum absolute atomic E-state index is 12.6. The molecule has 0 saturated heterocycles. The lowest BCUT2D eigenvalue weighted by atomic mass is 10.0. The third-order valence-corrected chi connectivity index (χ3v) is 3.49. The van der Waals surface area contributed by atoms with E-state index in [-0.39, 0.29) is 28.4 Å². The molecule has 5 nitrogen and oxygen atoms in total. The molecule has 0 aliphatic rings. The summed E-state index contributed by atoms with van der Waals surface area (Å²) in [5.41, 5.74) is 0.0844. The van der Waals surface area contributed by atoms with Gasteiger partial charge in [-0.15, -0.1) is 6.42 Å². The van der Waals surface area contributed by atoms with Crippen LogP contribution in [0.5, 0.6) is 23.0 Å². The second-order valence-corrected chi connectivity index (χ2v) is 5.36. The maximum atomic E-state index is 12.6. The van der Waals surface area contributed by atoms with Gasteiger partial charge < -0.3 is 19.7 Å². The van der Waals surface area contributed by atoms with Crippen molar-refractivity contribution in [2.24, 2.45) is 0 Å². The third kappa shape index (κ3) is 4.72. The van der Waals surface area contributed by atoms with Crippen LogP contribution in [0.2, 0.25) is 0 Å². The monoisotopic (exact) mass is 350 g/mol. The number of benzene rings is 2. The van der Waals surface area contributed by atoms with Gasteiger partial charge in [0, 0.05) is 18.1 Å². The van der Waals surface area contributed by atoms with Crippen LogP contribution < -0.4 is 9.47 Å². The molecule has 2 aromatic carbocycles. The number of hydrogen-bond donors (Lipinski definition) is 2. The van der Waals surface area contributed by atoms with Crippen LogP contribution >= 0.6 is 0 Å². The van der Waals surface area contributed by atoms with Crippen molar-refractivity contribution in [1.82, 2.24) is 0 Å². The molecule has 0 atom stereocenters. The van der Waals surface area contributed by atoms with Gasteiger partial charge in [-0.2, -0.15) is 0 Å².